The number of hydrogen-bond donors (Lipinski definition) is 1. The number of rotatable bonds is 5. The molecule has 8 heteroatoms. The van der Waals surface area contributed by atoms with E-state index in [1.807, 2.05) is 36.7 Å². The molecule has 0 saturated carbocycles. The molecule has 0 bridgehead atoms. The van der Waals surface area contributed by atoms with Crippen LogP contribution in [0.15, 0.2) is 28.9 Å². The van der Waals surface area contributed by atoms with E-state index in [0.29, 0.717) is 24.8 Å². The van der Waals surface area contributed by atoms with Crippen molar-refractivity contribution in [1.29, 1.82) is 0 Å². The second-order valence-electron chi connectivity index (χ2n) is 7.67. The molecule has 3 aromatic rings. The van der Waals surface area contributed by atoms with E-state index in [4.69, 9.17) is 4.52 Å². The molecule has 0 unspecified atom stereocenters. The second-order valence-corrected chi connectivity index (χ2v) is 7.67. The molecule has 1 N–H and O–H groups in total. The Bertz CT molecular complexity index is 953. The molecule has 0 atom stereocenters. The first-order valence-corrected chi connectivity index (χ1v) is 9.14. The lowest BCUT2D eigenvalue weighted by atomic mass is 9.97. The van der Waals surface area contributed by atoms with Crippen molar-refractivity contribution in [1.82, 2.24) is 24.8 Å². The first-order chi connectivity index (χ1) is 13.0. The van der Waals surface area contributed by atoms with Crippen molar-refractivity contribution >= 4 is 17.3 Å². The Balaban J connectivity index is 1.62. The lowest BCUT2D eigenvalue weighted by molar-refractivity contribution is -0.119. The Morgan fingerprint density at radius 1 is 1.33 bits per heavy atom. The lowest BCUT2D eigenvalue weighted by Gasteiger charge is -2.26. The molecule has 3 heterocycles. The highest BCUT2D eigenvalue weighted by Crippen LogP contribution is 2.30. The fraction of sp³-hybridized carbons (Fsp3) is 0.474. The maximum atomic E-state index is 10.8. The van der Waals surface area contributed by atoms with Crippen LogP contribution in [-0.2, 0) is 10.3 Å². The fourth-order valence-electron chi connectivity index (χ4n) is 3.48. The van der Waals surface area contributed by atoms with Crippen molar-refractivity contribution in [2.24, 2.45) is 0 Å². The van der Waals surface area contributed by atoms with Gasteiger partial charge in [-0.2, -0.15) is 10.1 Å². The third-order valence-electron chi connectivity index (χ3n) is 5.26. The molecule has 27 heavy (non-hydrogen) atoms. The summed E-state index contributed by atoms with van der Waals surface area (Å²) in [5.41, 5.74) is 1.26. The zero-order valence-corrected chi connectivity index (χ0v) is 15.5. The number of fused-ring (bicyclic) bond motifs is 1. The minimum Gasteiger partial charge on any atom is -0.394 e. The van der Waals surface area contributed by atoms with Crippen LogP contribution in [0.1, 0.15) is 38.5 Å². The highest BCUT2D eigenvalue weighted by Gasteiger charge is 2.26. The molecular weight excluding hydrogens is 346 g/mol. The van der Waals surface area contributed by atoms with Crippen molar-refractivity contribution in [3.8, 4) is 11.4 Å². The van der Waals surface area contributed by atoms with E-state index in [0.717, 1.165) is 35.7 Å². The van der Waals surface area contributed by atoms with Crippen LogP contribution in [0.25, 0.3) is 22.3 Å². The van der Waals surface area contributed by atoms with Crippen LogP contribution in [0.5, 0.6) is 0 Å². The van der Waals surface area contributed by atoms with Crippen molar-refractivity contribution < 1.29 is 14.4 Å². The summed E-state index contributed by atoms with van der Waals surface area (Å²) in [5.74, 6) is 1.35. The van der Waals surface area contributed by atoms with E-state index in [-0.39, 0.29) is 12.5 Å². The number of aromatic nitrogens is 4. The first-order valence-electron chi connectivity index (χ1n) is 9.14. The molecule has 4 rings (SSSR count). The largest absolute Gasteiger partial charge is 0.394 e. The van der Waals surface area contributed by atoms with E-state index < -0.39 is 5.54 Å². The van der Waals surface area contributed by atoms with Gasteiger partial charge in [0.1, 0.15) is 0 Å². The molecular formula is C19H23N5O3. The smallest absolute Gasteiger partial charge is 0.230 e. The summed E-state index contributed by atoms with van der Waals surface area (Å²) in [4.78, 5) is 17.2. The average Bonchev–Trinajstić information content (AvgIpc) is 3.35. The SMILES string of the molecule is CC(C)(CO)n1ncc2ccc(-c3noc(C4CCN(C=O)CC4)n3)cc21. The molecule has 8 nitrogen and oxygen atoms in total. The number of carbonyl (C=O) groups is 1. The number of likely N-dealkylation sites (tertiary alicyclic amines) is 1. The topological polar surface area (TPSA) is 97.3 Å². The maximum absolute atomic E-state index is 10.8. The van der Waals surface area contributed by atoms with Gasteiger partial charge in [0.2, 0.25) is 18.1 Å². The van der Waals surface area contributed by atoms with Crippen molar-refractivity contribution in [2.45, 2.75) is 38.1 Å². The normalized spacial score (nSPS) is 16.2. The standard InChI is InChI=1S/C19H23N5O3/c1-19(2,11-25)24-16-9-14(3-4-15(16)10-20-24)17-21-18(27-22-17)13-5-7-23(12-26)8-6-13/h3-4,9-10,12-13,25H,5-8,11H2,1-2H3. The minimum absolute atomic E-state index is 0.0140. The van der Waals surface area contributed by atoms with E-state index in [9.17, 15) is 9.90 Å². The van der Waals surface area contributed by atoms with E-state index in [2.05, 4.69) is 15.2 Å². The van der Waals surface area contributed by atoms with Crippen LogP contribution in [0, 0.1) is 0 Å². The molecule has 1 amide bonds. The van der Waals surface area contributed by atoms with Crippen LogP contribution in [0.3, 0.4) is 0 Å². The van der Waals surface area contributed by atoms with Gasteiger partial charge in [0.15, 0.2) is 0 Å². The Hall–Kier alpha value is -2.74. The van der Waals surface area contributed by atoms with Crippen LogP contribution in [0.4, 0.5) is 0 Å². The Kier molecular flexibility index (Phi) is 4.43. The van der Waals surface area contributed by atoms with Gasteiger partial charge in [-0.15, -0.1) is 0 Å². The Morgan fingerprint density at radius 3 is 2.81 bits per heavy atom. The zero-order valence-electron chi connectivity index (χ0n) is 15.5. The number of amides is 1. The molecule has 1 aliphatic heterocycles. The molecule has 1 aliphatic rings. The van der Waals surface area contributed by atoms with Crippen molar-refractivity contribution in [2.75, 3.05) is 19.7 Å². The number of aliphatic hydroxyl groups is 1. The lowest BCUT2D eigenvalue weighted by Crippen LogP contribution is -2.31. The molecule has 2 aromatic heterocycles. The molecule has 0 spiro atoms. The summed E-state index contributed by atoms with van der Waals surface area (Å²) < 4.78 is 7.33. The van der Waals surface area contributed by atoms with Crippen molar-refractivity contribution in [3.05, 3.63) is 30.3 Å². The van der Waals surface area contributed by atoms with Crippen LogP contribution >= 0.6 is 0 Å². The number of piperidine rings is 1. The number of nitrogens with zero attached hydrogens (tertiary/aromatic N) is 5. The van der Waals surface area contributed by atoms with Gasteiger partial charge in [0, 0.05) is 30.0 Å². The third kappa shape index (κ3) is 3.21. The summed E-state index contributed by atoms with van der Waals surface area (Å²) in [5, 5.41) is 19.2. The van der Waals surface area contributed by atoms with Crippen LogP contribution in [0.2, 0.25) is 0 Å². The quantitative estimate of drug-likeness (QED) is 0.692. The average molecular weight is 369 g/mol. The van der Waals surface area contributed by atoms with Gasteiger partial charge < -0.3 is 14.5 Å². The zero-order chi connectivity index (χ0) is 19.0. The number of aliphatic hydroxyl groups excluding tert-OH is 1. The molecule has 1 saturated heterocycles. The van der Waals surface area contributed by atoms with Gasteiger partial charge in [0.05, 0.1) is 23.9 Å². The second kappa shape index (κ2) is 6.77. The summed E-state index contributed by atoms with van der Waals surface area (Å²) in [6.07, 6.45) is 4.34. The van der Waals surface area contributed by atoms with Gasteiger partial charge >= 0.3 is 0 Å². The third-order valence-corrected chi connectivity index (χ3v) is 5.26. The molecule has 0 aliphatic carbocycles. The minimum atomic E-state index is -0.505. The summed E-state index contributed by atoms with van der Waals surface area (Å²) in [6, 6.07) is 5.90. The summed E-state index contributed by atoms with van der Waals surface area (Å²) in [7, 11) is 0. The maximum Gasteiger partial charge on any atom is 0.230 e. The van der Waals surface area contributed by atoms with E-state index in [1.54, 1.807) is 11.1 Å². The molecule has 0 radical (unpaired) electrons. The number of hydrogen-bond acceptors (Lipinski definition) is 6. The van der Waals surface area contributed by atoms with Crippen LogP contribution in [-0.4, -0.2) is 56.0 Å². The van der Waals surface area contributed by atoms with Crippen LogP contribution < -0.4 is 0 Å². The predicted molar refractivity (Wildman–Crippen MR) is 99.0 cm³/mol. The van der Waals surface area contributed by atoms with Gasteiger partial charge in [-0.3, -0.25) is 9.48 Å². The van der Waals surface area contributed by atoms with Gasteiger partial charge in [-0.25, -0.2) is 0 Å². The Labute approximate surface area is 156 Å². The van der Waals surface area contributed by atoms with E-state index >= 15 is 0 Å². The predicted octanol–water partition coefficient (Wildman–Crippen LogP) is 2.15. The first kappa shape index (κ1) is 17.7. The monoisotopic (exact) mass is 369 g/mol. The van der Waals surface area contributed by atoms with Crippen molar-refractivity contribution in [3.63, 3.8) is 0 Å². The highest BCUT2D eigenvalue weighted by atomic mass is 16.5. The Morgan fingerprint density at radius 2 is 2.11 bits per heavy atom. The number of benzene rings is 1. The highest BCUT2D eigenvalue weighted by molar-refractivity contribution is 5.83. The van der Waals surface area contributed by atoms with E-state index in [1.165, 1.54) is 0 Å². The fourth-order valence-corrected chi connectivity index (χ4v) is 3.48. The van der Waals surface area contributed by atoms with Gasteiger partial charge in [-0.1, -0.05) is 17.3 Å². The number of carbonyl (C=O) groups excluding carboxylic acids is 1. The molecule has 1 aromatic carbocycles. The summed E-state index contributed by atoms with van der Waals surface area (Å²) >= 11 is 0. The summed E-state index contributed by atoms with van der Waals surface area (Å²) in [6.45, 7) is 5.29. The molecule has 1 fully saturated rings. The molecule has 142 valence electrons. The van der Waals surface area contributed by atoms with Gasteiger partial charge in [0.25, 0.3) is 0 Å². The van der Waals surface area contributed by atoms with Gasteiger partial charge in [-0.05, 0) is 32.8 Å².